The van der Waals surface area contributed by atoms with Crippen LogP contribution in [0.5, 0.6) is 0 Å². The van der Waals surface area contributed by atoms with E-state index in [9.17, 15) is 14.9 Å². The molecule has 0 aliphatic carbocycles. The molecule has 2 rings (SSSR count). The van der Waals surface area contributed by atoms with Crippen LogP contribution in [0.4, 0.5) is 11.4 Å². The van der Waals surface area contributed by atoms with Gasteiger partial charge in [0, 0.05) is 12.3 Å². The molecule has 1 amide bonds. The van der Waals surface area contributed by atoms with Crippen molar-refractivity contribution in [1.82, 2.24) is 5.12 Å². The molecule has 0 fully saturated rings. The molecule has 0 radical (unpaired) electrons. The van der Waals surface area contributed by atoms with Crippen molar-refractivity contribution in [3.05, 3.63) is 34.4 Å². The van der Waals surface area contributed by atoms with Gasteiger partial charge < -0.3 is 0 Å². The smallest absolute Gasteiger partial charge is 0.271 e. The zero-order valence-corrected chi connectivity index (χ0v) is 8.16. The Hall–Kier alpha value is -2.44. The van der Waals surface area contributed by atoms with E-state index >= 15 is 0 Å². The van der Waals surface area contributed by atoms with Gasteiger partial charge in [-0.25, -0.2) is 0 Å². The van der Waals surface area contributed by atoms with Crippen LogP contribution in [0.3, 0.4) is 0 Å². The summed E-state index contributed by atoms with van der Waals surface area (Å²) in [5.41, 5.74) is 2.72. The Kier molecular flexibility index (Phi) is 2.50. The number of rotatable bonds is 3. The molecule has 1 aromatic carbocycles. The molecule has 0 aromatic heterocycles. The van der Waals surface area contributed by atoms with E-state index in [2.05, 4.69) is 10.5 Å². The van der Waals surface area contributed by atoms with Crippen LogP contribution >= 0.6 is 0 Å². The largest absolute Gasteiger partial charge is 0.294 e. The molecule has 1 aliphatic rings. The van der Waals surface area contributed by atoms with E-state index in [0.29, 0.717) is 0 Å². The van der Waals surface area contributed by atoms with Crippen molar-refractivity contribution in [2.75, 3.05) is 5.43 Å². The lowest BCUT2D eigenvalue weighted by Crippen LogP contribution is -2.27. The lowest BCUT2D eigenvalue weighted by Gasteiger charge is -2.13. The first-order valence-electron chi connectivity index (χ1n) is 4.54. The Morgan fingerprint density at radius 1 is 1.44 bits per heavy atom. The van der Waals surface area contributed by atoms with E-state index in [0.717, 1.165) is 5.12 Å². The summed E-state index contributed by atoms with van der Waals surface area (Å²) in [5, 5.41) is 15.4. The third-order valence-corrected chi connectivity index (χ3v) is 2.03. The summed E-state index contributed by atoms with van der Waals surface area (Å²) in [6, 6.07) is 6.06. The number of hydrazone groups is 1. The highest BCUT2D eigenvalue weighted by atomic mass is 16.6. The zero-order valence-electron chi connectivity index (χ0n) is 8.16. The van der Waals surface area contributed by atoms with Gasteiger partial charge in [-0.05, 0) is 6.07 Å². The number of hydrazine groups is 1. The molecule has 16 heavy (non-hydrogen) atoms. The van der Waals surface area contributed by atoms with Crippen molar-refractivity contribution < 1.29 is 9.72 Å². The van der Waals surface area contributed by atoms with E-state index in [1.54, 1.807) is 12.1 Å². The van der Waals surface area contributed by atoms with Gasteiger partial charge in [0.2, 0.25) is 0 Å². The molecule has 0 saturated carbocycles. The van der Waals surface area contributed by atoms with Crippen LogP contribution < -0.4 is 5.43 Å². The molecule has 0 bridgehead atoms. The van der Waals surface area contributed by atoms with E-state index in [-0.39, 0.29) is 23.7 Å². The molecular formula is C9H8N4O3. The summed E-state index contributed by atoms with van der Waals surface area (Å²) < 4.78 is 0. The highest BCUT2D eigenvalue weighted by Crippen LogP contribution is 2.24. The van der Waals surface area contributed by atoms with Crippen LogP contribution in [-0.4, -0.2) is 22.2 Å². The molecule has 7 nitrogen and oxygen atoms in total. The predicted octanol–water partition coefficient (Wildman–Crippen LogP) is 1.14. The maximum Gasteiger partial charge on any atom is 0.294 e. The van der Waals surface area contributed by atoms with Gasteiger partial charge in [0.25, 0.3) is 11.6 Å². The summed E-state index contributed by atoms with van der Waals surface area (Å²) >= 11 is 0. The Balaban J connectivity index is 2.24. The first kappa shape index (κ1) is 10.1. The maximum atomic E-state index is 11.2. The Labute approximate surface area is 90.5 Å². The highest BCUT2D eigenvalue weighted by Gasteiger charge is 2.20. The summed E-state index contributed by atoms with van der Waals surface area (Å²) in [4.78, 5) is 21.4. The normalized spacial score (nSPS) is 14.2. The first-order valence-corrected chi connectivity index (χ1v) is 4.54. The number of anilines is 1. The lowest BCUT2D eigenvalue weighted by atomic mass is 10.3. The molecule has 0 unspecified atom stereocenters. The number of hydrogen-bond acceptors (Lipinski definition) is 5. The average molecular weight is 220 g/mol. The van der Waals surface area contributed by atoms with Crippen molar-refractivity contribution in [2.45, 2.75) is 6.42 Å². The second-order valence-electron chi connectivity index (χ2n) is 3.09. The second kappa shape index (κ2) is 3.97. The van der Waals surface area contributed by atoms with Gasteiger partial charge in [-0.1, -0.05) is 12.1 Å². The Bertz CT molecular complexity index is 472. The number of benzene rings is 1. The molecule has 1 aromatic rings. The third-order valence-electron chi connectivity index (χ3n) is 2.03. The molecular weight excluding hydrogens is 212 g/mol. The number of nitro benzene ring substituents is 1. The summed E-state index contributed by atoms with van der Waals surface area (Å²) in [6.45, 7) is 0. The quantitative estimate of drug-likeness (QED) is 0.611. The monoisotopic (exact) mass is 220 g/mol. The lowest BCUT2D eigenvalue weighted by molar-refractivity contribution is -0.384. The van der Waals surface area contributed by atoms with E-state index in [4.69, 9.17) is 0 Å². The van der Waals surface area contributed by atoms with Crippen LogP contribution in [0, 0.1) is 10.1 Å². The summed E-state index contributed by atoms with van der Waals surface area (Å²) in [7, 11) is 0. The molecule has 1 aliphatic heterocycles. The van der Waals surface area contributed by atoms with Crippen LogP contribution in [0.25, 0.3) is 0 Å². The van der Waals surface area contributed by atoms with E-state index < -0.39 is 4.92 Å². The number of amides is 1. The highest BCUT2D eigenvalue weighted by molar-refractivity contribution is 5.94. The van der Waals surface area contributed by atoms with Crippen molar-refractivity contribution >= 4 is 23.5 Å². The number of hydrogen-bond donors (Lipinski definition) is 1. The van der Waals surface area contributed by atoms with Crippen LogP contribution in [0.15, 0.2) is 29.4 Å². The van der Waals surface area contributed by atoms with Crippen LogP contribution in [0.2, 0.25) is 0 Å². The number of para-hydroxylation sites is 2. The second-order valence-corrected chi connectivity index (χ2v) is 3.09. The fourth-order valence-electron chi connectivity index (χ4n) is 1.28. The number of carbonyl (C=O) groups excluding carboxylic acids is 1. The van der Waals surface area contributed by atoms with Gasteiger partial charge in [-0.2, -0.15) is 5.10 Å². The minimum atomic E-state index is -0.521. The molecule has 82 valence electrons. The third kappa shape index (κ3) is 1.83. The van der Waals surface area contributed by atoms with Crippen LogP contribution in [0.1, 0.15) is 6.42 Å². The van der Waals surface area contributed by atoms with Gasteiger partial charge in [0.15, 0.2) is 0 Å². The molecule has 0 saturated heterocycles. The Morgan fingerprint density at radius 2 is 2.19 bits per heavy atom. The Morgan fingerprint density at radius 3 is 2.81 bits per heavy atom. The van der Waals surface area contributed by atoms with Crippen molar-refractivity contribution in [3.63, 3.8) is 0 Å². The standard InChI is InChI=1S/C9H8N4O3/c14-9-5-6-10-12(9)11-7-3-1-2-4-8(7)13(15)16/h1-4,6,11H,5H2. The van der Waals surface area contributed by atoms with Crippen molar-refractivity contribution in [3.8, 4) is 0 Å². The average Bonchev–Trinajstić information content (AvgIpc) is 2.65. The summed E-state index contributed by atoms with van der Waals surface area (Å²) in [6.07, 6.45) is 1.64. The molecule has 1 heterocycles. The van der Waals surface area contributed by atoms with Gasteiger partial charge >= 0.3 is 0 Å². The molecule has 0 spiro atoms. The molecule has 1 N–H and O–H groups in total. The number of nitro groups is 1. The maximum absolute atomic E-state index is 11.2. The van der Waals surface area contributed by atoms with E-state index in [1.165, 1.54) is 18.3 Å². The fourth-order valence-corrected chi connectivity index (χ4v) is 1.28. The number of nitrogens with zero attached hydrogens (tertiary/aromatic N) is 3. The van der Waals surface area contributed by atoms with Gasteiger partial charge in [0.1, 0.15) is 5.69 Å². The first-order chi connectivity index (χ1) is 7.68. The van der Waals surface area contributed by atoms with E-state index in [1.807, 2.05) is 0 Å². The molecule has 0 atom stereocenters. The fraction of sp³-hybridized carbons (Fsp3) is 0.111. The predicted molar refractivity (Wildman–Crippen MR) is 56.7 cm³/mol. The minimum Gasteiger partial charge on any atom is -0.271 e. The number of nitrogens with one attached hydrogen (secondary N) is 1. The zero-order chi connectivity index (χ0) is 11.5. The minimum absolute atomic E-state index is 0.0996. The van der Waals surface area contributed by atoms with Crippen molar-refractivity contribution in [1.29, 1.82) is 0 Å². The van der Waals surface area contributed by atoms with Crippen molar-refractivity contribution in [2.24, 2.45) is 5.10 Å². The van der Waals surface area contributed by atoms with Gasteiger partial charge in [-0.15, -0.1) is 5.12 Å². The molecule has 7 heteroatoms. The summed E-state index contributed by atoms with van der Waals surface area (Å²) in [5.74, 6) is -0.252. The van der Waals surface area contributed by atoms with Gasteiger partial charge in [-0.3, -0.25) is 20.3 Å². The van der Waals surface area contributed by atoms with Crippen LogP contribution in [-0.2, 0) is 4.79 Å². The SMILES string of the molecule is O=C1CC=NN1Nc1ccccc1[N+](=O)[O-]. The topological polar surface area (TPSA) is 87.8 Å². The number of carbonyl (C=O) groups is 1. The van der Waals surface area contributed by atoms with Gasteiger partial charge in [0.05, 0.1) is 11.3 Å².